The van der Waals surface area contributed by atoms with Crippen LogP contribution in [0.3, 0.4) is 0 Å². The second kappa shape index (κ2) is 7.51. The fourth-order valence-electron chi connectivity index (χ4n) is 2.26. The molecule has 1 amide bonds. The summed E-state index contributed by atoms with van der Waals surface area (Å²) >= 11 is 0. The van der Waals surface area contributed by atoms with E-state index in [2.05, 4.69) is 20.7 Å². The summed E-state index contributed by atoms with van der Waals surface area (Å²) < 4.78 is 7.03. The van der Waals surface area contributed by atoms with Crippen LogP contribution in [0.1, 0.15) is 44.9 Å². The van der Waals surface area contributed by atoms with Gasteiger partial charge in [-0.25, -0.2) is 4.68 Å². The number of carbonyl (C=O) groups excluding carboxylic acids is 1. The summed E-state index contributed by atoms with van der Waals surface area (Å²) in [7, 11) is 1.79. The van der Waals surface area contributed by atoms with Gasteiger partial charge >= 0.3 is 0 Å². The van der Waals surface area contributed by atoms with E-state index in [1.807, 2.05) is 13.8 Å². The quantitative estimate of drug-likeness (QED) is 0.819. The number of nitrogens with zero attached hydrogens (tertiary/aromatic N) is 3. The third-order valence-electron chi connectivity index (χ3n) is 3.81. The topological polar surface area (TPSA) is 81.1 Å². The number of rotatable bonds is 6. The van der Waals surface area contributed by atoms with Crippen LogP contribution in [0, 0.1) is 0 Å². The third-order valence-corrected chi connectivity index (χ3v) is 3.81. The molecule has 1 unspecified atom stereocenters. The third kappa shape index (κ3) is 4.50. The Morgan fingerprint density at radius 1 is 1.52 bits per heavy atom. The van der Waals surface area contributed by atoms with Gasteiger partial charge in [0.05, 0.1) is 6.10 Å². The van der Waals surface area contributed by atoms with Crippen LogP contribution in [-0.4, -0.2) is 46.5 Å². The van der Waals surface area contributed by atoms with E-state index in [1.54, 1.807) is 11.7 Å². The summed E-state index contributed by atoms with van der Waals surface area (Å²) in [6.07, 6.45) is 3.04. The molecule has 1 aliphatic rings. The van der Waals surface area contributed by atoms with Gasteiger partial charge in [0.15, 0.2) is 5.82 Å². The van der Waals surface area contributed by atoms with E-state index in [4.69, 9.17) is 4.74 Å². The molecule has 0 saturated carbocycles. The molecule has 1 saturated heterocycles. The van der Waals surface area contributed by atoms with Crippen molar-refractivity contribution in [2.24, 2.45) is 7.05 Å². The van der Waals surface area contributed by atoms with E-state index in [1.165, 1.54) is 0 Å². The van der Waals surface area contributed by atoms with Gasteiger partial charge in [0.1, 0.15) is 6.61 Å². The summed E-state index contributed by atoms with van der Waals surface area (Å²) in [5.41, 5.74) is 0. The number of aryl methyl sites for hydroxylation is 1. The summed E-state index contributed by atoms with van der Waals surface area (Å²) in [5.74, 6) is 1.49. The Morgan fingerprint density at radius 2 is 2.24 bits per heavy atom. The Labute approximate surface area is 125 Å². The van der Waals surface area contributed by atoms with Crippen molar-refractivity contribution in [2.75, 3.05) is 25.0 Å². The molecule has 1 atom stereocenters. The maximum absolute atomic E-state index is 11.8. The molecule has 1 aromatic heterocycles. The van der Waals surface area contributed by atoms with Gasteiger partial charge in [0, 0.05) is 13.0 Å². The lowest BCUT2D eigenvalue weighted by Gasteiger charge is -2.19. The molecular weight excluding hydrogens is 270 g/mol. The second-order valence-corrected chi connectivity index (χ2v) is 5.52. The highest BCUT2D eigenvalue weighted by Gasteiger charge is 2.21. The normalized spacial score (nSPS) is 17.7. The largest absolute Gasteiger partial charge is 0.369 e. The Hall–Kier alpha value is -1.47. The van der Waals surface area contributed by atoms with Crippen molar-refractivity contribution < 1.29 is 9.53 Å². The maximum Gasteiger partial charge on any atom is 0.252 e. The van der Waals surface area contributed by atoms with Crippen LogP contribution in [0.4, 0.5) is 5.95 Å². The molecule has 0 spiro atoms. The van der Waals surface area contributed by atoms with E-state index in [-0.39, 0.29) is 18.6 Å². The lowest BCUT2D eigenvalue weighted by Crippen LogP contribution is -2.27. The molecule has 7 heteroatoms. The first-order valence-electron chi connectivity index (χ1n) is 7.63. The number of aromatic nitrogens is 3. The van der Waals surface area contributed by atoms with Crippen LogP contribution in [-0.2, 0) is 16.6 Å². The van der Waals surface area contributed by atoms with Crippen molar-refractivity contribution in [2.45, 2.75) is 45.1 Å². The van der Waals surface area contributed by atoms with Crippen LogP contribution in [0.15, 0.2) is 0 Å². The van der Waals surface area contributed by atoms with Crippen molar-refractivity contribution in [3.05, 3.63) is 5.82 Å². The van der Waals surface area contributed by atoms with Gasteiger partial charge in [-0.15, -0.1) is 0 Å². The highest BCUT2D eigenvalue weighted by atomic mass is 16.5. The van der Waals surface area contributed by atoms with Crippen molar-refractivity contribution in [3.63, 3.8) is 0 Å². The van der Waals surface area contributed by atoms with Crippen LogP contribution < -0.4 is 10.6 Å². The number of hydrogen-bond donors (Lipinski definition) is 2. The Balaban J connectivity index is 1.91. The predicted molar refractivity (Wildman–Crippen MR) is 80.2 cm³/mol. The standard InChI is InChI=1S/C14H25N5O2/c1-4-10(2)21-9-12(20)16-14-17-13(18-19(14)3)11-5-7-15-8-6-11/h10-11,15H,4-9H2,1-3H3,(H,16,17,18,20). The van der Waals surface area contributed by atoms with Crippen LogP contribution in [0.2, 0.25) is 0 Å². The molecule has 1 aliphatic heterocycles. The van der Waals surface area contributed by atoms with Crippen molar-refractivity contribution >= 4 is 11.9 Å². The molecule has 1 aromatic rings. The number of piperidine rings is 1. The van der Waals surface area contributed by atoms with E-state index in [0.29, 0.717) is 11.9 Å². The average molecular weight is 295 g/mol. The number of carbonyl (C=O) groups is 1. The fraction of sp³-hybridized carbons (Fsp3) is 0.786. The molecule has 2 heterocycles. The van der Waals surface area contributed by atoms with Gasteiger partial charge in [0.2, 0.25) is 5.95 Å². The predicted octanol–water partition coefficient (Wildman–Crippen LogP) is 1.04. The number of nitrogens with one attached hydrogen (secondary N) is 2. The second-order valence-electron chi connectivity index (χ2n) is 5.52. The van der Waals surface area contributed by atoms with Gasteiger partial charge in [-0.3, -0.25) is 10.1 Å². The van der Waals surface area contributed by atoms with E-state index in [0.717, 1.165) is 38.2 Å². The fourth-order valence-corrected chi connectivity index (χ4v) is 2.26. The minimum Gasteiger partial charge on any atom is -0.369 e. The summed E-state index contributed by atoms with van der Waals surface area (Å²) in [6.45, 7) is 6.01. The average Bonchev–Trinajstić information content (AvgIpc) is 2.86. The van der Waals surface area contributed by atoms with Gasteiger partial charge < -0.3 is 10.1 Å². The number of ether oxygens (including phenoxy) is 1. The minimum atomic E-state index is -0.192. The van der Waals surface area contributed by atoms with Gasteiger partial charge in [0.25, 0.3) is 5.91 Å². The van der Waals surface area contributed by atoms with E-state index >= 15 is 0 Å². The van der Waals surface area contributed by atoms with Gasteiger partial charge in [-0.2, -0.15) is 10.1 Å². The lowest BCUT2D eigenvalue weighted by molar-refractivity contribution is -0.122. The molecule has 1 fully saturated rings. The molecule has 0 aromatic carbocycles. The molecule has 118 valence electrons. The number of amides is 1. The summed E-state index contributed by atoms with van der Waals surface area (Å²) in [5, 5.41) is 10.5. The van der Waals surface area contributed by atoms with Crippen LogP contribution in [0.25, 0.3) is 0 Å². The SMILES string of the molecule is CCC(C)OCC(=O)Nc1nc(C2CCNCC2)nn1C. The Bertz CT molecular complexity index is 468. The van der Waals surface area contributed by atoms with Crippen molar-refractivity contribution in [3.8, 4) is 0 Å². The Morgan fingerprint density at radius 3 is 2.90 bits per heavy atom. The lowest BCUT2D eigenvalue weighted by atomic mass is 9.98. The van der Waals surface area contributed by atoms with Crippen molar-refractivity contribution in [1.82, 2.24) is 20.1 Å². The zero-order chi connectivity index (χ0) is 15.2. The zero-order valence-corrected chi connectivity index (χ0v) is 13.1. The highest BCUT2D eigenvalue weighted by Crippen LogP contribution is 2.23. The number of hydrogen-bond acceptors (Lipinski definition) is 5. The summed E-state index contributed by atoms with van der Waals surface area (Å²) in [4.78, 5) is 16.3. The van der Waals surface area contributed by atoms with Gasteiger partial charge in [-0.1, -0.05) is 6.92 Å². The molecule has 0 radical (unpaired) electrons. The van der Waals surface area contributed by atoms with Crippen LogP contribution >= 0.6 is 0 Å². The molecule has 21 heavy (non-hydrogen) atoms. The molecule has 2 N–H and O–H groups in total. The zero-order valence-electron chi connectivity index (χ0n) is 13.1. The first kappa shape index (κ1) is 15.9. The molecule has 2 rings (SSSR count). The molecule has 7 nitrogen and oxygen atoms in total. The van der Waals surface area contributed by atoms with Crippen LogP contribution in [0.5, 0.6) is 0 Å². The molecule has 0 aliphatic carbocycles. The van der Waals surface area contributed by atoms with Gasteiger partial charge in [-0.05, 0) is 39.3 Å². The number of anilines is 1. The smallest absolute Gasteiger partial charge is 0.252 e. The first-order chi connectivity index (χ1) is 10.1. The maximum atomic E-state index is 11.8. The monoisotopic (exact) mass is 295 g/mol. The summed E-state index contributed by atoms with van der Waals surface area (Å²) in [6, 6.07) is 0. The van der Waals surface area contributed by atoms with E-state index < -0.39 is 0 Å². The van der Waals surface area contributed by atoms with Crippen molar-refractivity contribution in [1.29, 1.82) is 0 Å². The first-order valence-corrected chi connectivity index (χ1v) is 7.63. The Kier molecular flexibility index (Phi) is 5.69. The molecular formula is C14H25N5O2. The van der Waals surface area contributed by atoms with E-state index in [9.17, 15) is 4.79 Å². The highest BCUT2D eigenvalue weighted by molar-refractivity contribution is 5.90. The molecule has 0 bridgehead atoms. The minimum absolute atomic E-state index is 0.0462.